The molecule has 3 aromatic rings. The molecule has 3 rings (SSSR count). The molecule has 10 heteroatoms. The summed E-state index contributed by atoms with van der Waals surface area (Å²) in [6.07, 6.45) is 2.95. The van der Waals surface area contributed by atoms with Crippen LogP contribution in [0.4, 0.5) is 11.5 Å². The molecule has 170 valence electrons. The average Bonchev–Trinajstić information content (AvgIpc) is 3.30. The van der Waals surface area contributed by atoms with E-state index in [0.29, 0.717) is 24.5 Å². The van der Waals surface area contributed by atoms with Gasteiger partial charge in [0.25, 0.3) is 11.5 Å². The summed E-state index contributed by atoms with van der Waals surface area (Å²) in [6, 6.07) is 8.08. The van der Waals surface area contributed by atoms with Crippen LogP contribution in [0.25, 0.3) is 0 Å². The molecule has 1 amide bonds. The van der Waals surface area contributed by atoms with Crippen molar-refractivity contribution in [2.75, 3.05) is 24.9 Å². The molecule has 3 N–H and O–H groups in total. The van der Waals surface area contributed by atoms with Crippen molar-refractivity contribution in [3.63, 3.8) is 0 Å². The molecule has 0 aliphatic rings. The van der Waals surface area contributed by atoms with E-state index in [0.717, 1.165) is 6.42 Å². The van der Waals surface area contributed by atoms with E-state index in [1.54, 1.807) is 24.3 Å². The van der Waals surface area contributed by atoms with Gasteiger partial charge in [-0.3, -0.25) is 24.0 Å². The van der Waals surface area contributed by atoms with Crippen molar-refractivity contribution in [3.8, 4) is 11.5 Å². The van der Waals surface area contributed by atoms with Crippen molar-refractivity contribution in [1.82, 2.24) is 9.55 Å². The van der Waals surface area contributed by atoms with Gasteiger partial charge in [-0.15, -0.1) is 0 Å². The van der Waals surface area contributed by atoms with E-state index in [1.807, 2.05) is 6.92 Å². The monoisotopic (exact) mass is 442 g/mol. The Hall–Kier alpha value is -3.95. The number of benzene rings is 1. The fourth-order valence-corrected chi connectivity index (χ4v) is 3.31. The standard InChI is InChI=1S/C22H26N4O6/c1-4-5-10-25-19(23)18(20(27)24-22(25)29)26(13-15-7-6-11-32-15)21(28)16-12-14(30-2)8-9-17(16)31-3/h6-9,11-12H,4-5,10,13,23H2,1-3H3,(H,24,27,29). The lowest BCUT2D eigenvalue weighted by molar-refractivity contribution is 0.0979. The summed E-state index contributed by atoms with van der Waals surface area (Å²) in [5.74, 6) is 0.464. The molecule has 2 heterocycles. The normalized spacial score (nSPS) is 10.7. The van der Waals surface area contributed by atoms with Gasteiger partial charge in [-0.1, -0.05) is 13.3 Å². The minimum atomic E-state index is -0.776. The number of H-pyrrole nitrogens is 1. The summed E-state index contributed by atoms with van der Waals surface area (Å²) in [6.45, 7) is 2.18. The van der Waals surface area contributed by atoms with E-state index in [4.69, 9.17) is 19.6 Å². The Bertz CT molecular complexity index is 1200. The minimum absolute atomic E-state index is 0.0918. The van der Waals surface area contributed by atoms with Gasteiger partial charge in [-0.2, -0.15) is 0 Å². The van der Waals surface area contributed by atoms with Gasteiger partial charge in [0.15, 0.2) is 5.69 Å². The van der Waals surface area contributed by atoms with Gasteiger partial charge in [-0.05, 0) is 36.8 Å². The first-order chi connectivity index (χ1) is 15.4. The summed E-state index contributed by atoms with van der Waals surface area (Å²) in [4.78, 5) is 42.3. The zero-order chi connectivity index (χ0) is 23.3. The first kappa shape index (κ1) is 22.7. The van der Waals surface area contributed by atoms with Crippen molar-refractivity contribution in [2.45, 2.75) is 32.9 Å². The maximum absolute atomic E-state index is 13.7. The zero-order valence-corrected chi connectivity index (χ0v) is 18.2. The Morgan fingerprint density at radius 1 is 1.22 bits per heavy atom. The number of anilines is 2. The van der Waals surface area contributed by atoms with Crippen LogP contribution in [0, 0.1) is 0 Å². The van der Waals surface area contributed by atoms with Crippen LogP contribution >= 0.6 is 0 Å². The SMILES string of the molecule is CCCCn1c(N)c(N(Cc2ccco2)C(=O)c2cc(OC)ccc2OC)c(=O)[nH]c1=O. The maximum Gasteiger partial charge on any atom is 0.330 e. The van der Waals surface area contributed by atoms with E-state index in [1.165, 1.54) is 36.0 Å². The second-order valence-electron chi connectivity index (χ2n) is 7.04. The Labute approximate surface area is 184 Å². The first-order valence-corrected chi connectivity index (χ1v) is 10.1. The smallest absolute Gasteiger partial charge is 0.330 e. The Morgan fingerprint density at radius 3 is 2.62 bits per heavy atom. The molecular formula is C22H26N4O6. The van der Waals surface area contributed by atoms with Crippen molar-refractivity contribution in [1.29, 1.82) is 0 Å². The third kappa shape index (κ3) is 4.53. The largest absolute Gasteiger partial charge is 0.497 e. The lowest BCUT2D eigenvalue weighted by Crippen LogP contribution is -2.41. The number of furan rings is 1. The van der Waals surface area contributed by atoms with Crippen LogP contribution in [0.15, 0.2) is 50.6 Å². The van der Waals surface area contributed by atoms with Crippen molar-refractivity contribution in [3.05, 3.63) is 68.8 Å². The Balaban J connectivity index is 2.20. The lowest BCUT2D eigenvalue weighted by atomic mass is 10.1. The van der Waals surface area contributed by atoms with Gasteiger partial charge in [0.05, 0.1) is 32.6 Å². The molecule has 2 aromatic heterocycles. The van der Waals surface area contributed by atoms with Crippen LogP contribution < -0.4 is 31.4 Å². The number of hydrogen-bond acceptors (Lipinski definition) is 7. The maximum atomic E-state index is 13.7. The van der Waals surface area contributed by atoms with E-state index in [2.05, 4.69) is 4.98 Å². The Morgan fingerprint density at radius 2 is 2.00 bits per heavy atom. The predicted molar refractivity (Wildman–Crippen MR) is 119 cm³/mol. The molecule has 0 atom stereocenters. The number of carbonyl (C=O) groups excluding carboxylic acids is 1. The zero-order valence-electron chi connectivity index (χ0n) is 18.2. The van der Waals surface area contributed by atoms with Crippen molar-refractivity contribution >= 4 is 17.4 Å². The Kier molecular flexibility index (Phi) is 7.04. The molecule has 0 aliphatic carbocycles. The van der Waals surface area contributed by atoms with Gasteiger partial charge < -0.3 is 19.6 Å². The molecule has 0 unspecified atom stereocenters. The highest BCUT2D eigenvalue weighted by atomic mass is 16.5. The van der Waals surface area contributed by atoms with Crippen LogP contribution in [0.1, 0.15) is 35.9 Å². The molecule has 0 spiro atoms. The second kappa shape index (κ2) is 9.90. The van der Waals surface area contributed by atoms with E-state index in [9.17, 15) is 14.4 Å². The molecule has 32 heavy (non-hydrogen) atoms. The number of nitrogen functional groups attached to an aromatic ring is 1. The van der Waals surface area contributed by atoms with Crippen molar-refractivity contribution < 1.29 is 18.7 Å². The van der Waals surface area contributed by atoms with E-state index in [-0.39, 0.29) is 29.4 Å². The third-order valence-corrected chi connectivity index (χ3v) is 5.00. The number of aromatic amines is 1. The fourth-order valence-electron chi connectivity index (χ4n) is 3.31. The summed E-state index contributed by atoms with van der Waals surface area (Å²) in [5, 5.41) is 0. The highest BCUT2D eigenvalue weighted by Crippen LogP contribution is 2.29. The number of hydrogen-bond donors (Lipinski definition) is 2. The number of amides is 1. The molecule has 10 nitrogen and oxygen atoms in total. The molecule has 1 aromatic carbocycles. The summed E-state index contributed by atoms with van der Waals surface area (Å²) < 4.78 is 17.2. The van der Waals surface area contributed by atoms with Gasteiger partial charge in [-0.25, -0.2) is 4.79 Å². The van der Waals surface area contributed by atoms with E-state index >= 15 is 0 Å². The van der Waals surface area contributed by atoms with Gasteiger partial charge >= 0.3 is 5.69 Å². The molecule has 0 bridgehead atoms. The number of methoxy groups -OCH3 is 2. The minimum Gasteiger partial charge on any atom is -0.497 e. The summed E-state index contributed by atoms with van der Waals surface area (Å²) in [5.41, 5.74) is 4.86. The second-order valence-corrected chi connectivity index (χ2v) is 7.04. The molecular weight excluding hydrogens is 416 g/mol. The van der Waals surface area contributed by atoms with Crippen LogP contribution in [0.3, 0.4) is 0 Å². The molecule has 0 fully saturated rings. The first-order valence-electron chi connectivity index (χ1n) is 10.1. The average molecular weight is 442 g/mol. The van der Waals surface area contributed by atoms with Crippen LogP contribution in [0.5, 0.6) is 11.5 Å². The number of carbonyl (C=O) groups is 1. The van der Waals surface area contributed by atoms with Gasteiger partial charge in [0.2, 0.25) is 0 Å². The lowest BCUT2D eigenvalue weighted by Gasteiger charge is -2.24. The molecule has 0 radical (unpaired) electrons. The number of nitrogens with one attached hydrogen (secondary N) is 1. The van der Waals surface area contributed by atoms with Crippen LogP contribution in [-0.2, 0) is 13.1 Å². The third-order valence-electron chi connectivity index (χ3n) is 5.00. The van der Waals surface area contributed by atoms with Gasteiger partial charge in [0.1, 0.15) is 23.1 Å². The topological polar surface area (TPSA) is 133 Å². The number of aromatic nitrogens is 2. The number of unbranched alkanes of at least 4 members (excludes halogenated alkanes) is 1. The number of rotatable bonds is 9. The molecule has 0 saturated heterocycles. The van der Waals surface area contributed by atoms with Crippen molar-refractivity contribution in [2.24, 2.45) is 0 Å². The summed E-state index contributed by atoms with van der Waals surface area (Å²) >= 11 is 0. The fraction of sp³-hybridized carbons (Fsp3) is 0.318. The number of ether oxygens (including phenoxy) is 2. The van der Waals surface area contributed by atoms with E-state index < -0.39 is 17.2 Å². The van der Waals surface area contributed by atoms with Crippen LogP contribution in [-0.4, -0.2) is 29.7 Å². The highest BCUT2D eigenvalue weighted by molar-refractivity contribution is 6.09. The number of nitrogens with two attached hydrogens (primary N) is 1. The quantitative estimate of drug-likeness (QED) is 0.520. The predicted octanol–water partition coefficient (Wildman–Crippen LogP) is 2.38. The van der Waals surface area contributed by atoms with Crippen LogP contribution in [0.2, 0.25) is 0 Å². The molecule has 0 saturated carbocycles. The summed E-state index contributed by atoms with van der Waals surface area (Å²) in [7, 11) is 2.91. The molecule has 0 aliphatic heterocycles. The number of nitrogens with zero attached hydrogens (tertiary/aromatic N) is 2. The highest BCUT2D eigenvalue weighted by Gasteiger charge is 2.28. The van der Waals surface area contributed by atoms with Gasteiger partial charge in [0, 0.05) is 6.54 Å².